The number of rotatable bonds is 4. The Morgan fingerprint density at radius 1 is 1.30 bits per heavy atom. The summed E-state index contributed by atoms with van der Waals surface area (Å²) in [6.07, 6.45) is -7.33. The molecule has 0 bridgehead atoms. The molecule has 1 aliphatic rings. The second-order valence-electron chi connectivity index (χ2n) is 4.86. The fraction of sp³-hybridized carbons (Fsp3) is 0.462. The fourth-order valence-electron chi connectivity index (χ4n) is 2.14. The van der Waals surface area contributed by atoms with Crippen LogP contribution in [0.5, 0.6) is 5.75 Å². The van der Waals surface area contributed by atoms with Gasteiger partial charge in [-0.05, 0) is 6.07 Å². The van der Waals surface area contributed by atoms with E-state index in [2.05, 4.69) is 0 Å². The van der Waals surface area contributed by atoms with Gasteiger partial charge in [0.25, 0.3) is 5.69 Å². The molecule has 23 heavy (non-hydrogen) atoms. The van der Waals surface area contributed by atoms with E-state index in [4.69, 9.17) is 19.8 Å². The molecule has 2 rings (SSSR count). The summed E-state index contributed by atoms with van der Waals surface area (Å²) < 4.78 is 10.4. The number of nitro groups is 1. The van der Waals surface area contributed by atoms with Crippen molar-refractivity contribution in [2.45, 2.75) is 30.7 Å². The topological polar surface area (TPSA) is 166 Å². The molecule has 0 aliphatic carbocycles. The summed E-state index contributed by atoms with van der Waals surface area (Å²) in [5, 5.41) is 57.9. The van der Waals surface area contributed by atoms with E-state index in [0.717, 1.165) is 12.1 Å². The van der Waals surface area contributed by atoms with Gasteiger partial charge in [-0.3, -0.25) is 10.1 Å². The van der Waals surface area contributed by atoms with Gasteiger partial charge in [-0.25, -0.2) is 0 Å². The van der Waals surface area contributed by atoms with E-state index >= 15 is 0 Å². The molecule has 1 saturated heterocycles. The first-order valence-corrected chi connectivity index (χ1v) is 6.54. The van der Waals surface area contributed by atoms with Crippen molar-refractivity contribution in [3.05, 3.63) is 33.9 Å². The standard InChI is InChI=1S/C13H14N2O8/c14-4-6-3-7(1-2-8(6)15(20)21)22-13-12(19)11(18)10(17)9(5-16)23-13/h1-3,9-13,16-19H,5H2/t9-,10+,11+,12-,13?/m1/s1. The fourth-order valence-corrected chi connectivity index (χ4v) is 2.14. The highest BCUT2D eigenvalue weighted by Crippen LogP contribution is 2.27. The highest BCUT2D eigenvalue weighted by atomic mass is 16.7. The van der Waals surface area contributed by atoms with Crippen molar-refractivity contribution in [2.75, 3.05) is 6.61 Å². The zero-order valence-corrected chi connectivity index (χ0v) is 11.6. The van der Waals surface area contributed by atoms with E-state index < -0.39 is 47.9 Å². The lowest BCUT2D eigenvalue weighted by atomic mass is 9.99. The predicted molar refractivity (Wildman–Crippen MR) is 72.2 cm³/mol. The third-order valence-electron chi connectivity index (χ3n) is 3.39. The zero-order valence-electron chi connectivity index (χ0n) is 11.6. The van der Waals surface area contributed by atoms with E-state index in [1.165, 1.54) is 6.07 Å². The number of benzene rings is 1. The van der Waals surface area contributed by atoms with Gasteiger partial charge in [-0.1, -0.05) is 0 Å². The molecule has 0 saturated carbocycles. The van der Waals surface area contributed by atoms with Crippen molar-refractivity contribution in [1.29, 1.82) is 5.26 Å². The normalized spacial score (nSPS) is 30.5. The Bertz CT molecular complexity index is 629. The molecule has 124 valence electrons. The number of nitro benzene ring substituents is 1. The van der Waals surface area contributed by atoms with Crippen molar-refractivity contribution < 1.29 is 34.8 Å². The highest BCUT2D eigenvalue weighted by Gasteiger charge is 2.44. The van der Waals surface area contributed by atoms with Gasteiger partial charge in [0.05, 0.1) is 11.5 Å². The van der Waals surface area contributed by atoms with Crippen LogP contribution in [0.25, 0.3) is 0 Å². The summed E-state index contributed by atoms with van der Waals surface area (Å²) >= 11 is 0. The lowest BCUT2D eigenvalue weighted by molar-refractivity contribution is -0.385. The van der Waals surface area contributed by atoms with E-state index in [-0.39, 0.29) is 11.3 Å². The average molecular weight is 326 g/mol. The third-order valence-corrected chi connectivity index (χ3v) is 3.39. The van der Waals surface area contributed by atoms with Crippen LogP contribution in [-0.4, -0.2) is 62.7 Å². The molecule has 10 nitrogen and oxygen atoms in total. The van der Waals surface area contributed by atoms with E-state index in [1.54, 1.807) is 6.07 Å². The van der Waals surface area contributed by atoms with Crippen molar-refractivity contribution >= 4 is 5.69 Å². The summed E-state index contributed by atoms with van der Waals surface area (Å²) in [4.78, 5) is 10.0. The highest BCUT2D eigenvalue weighted by molar-refractivity contribution is 5.52. The largest absolute Gasteiger partial charge is 0.462 e. The van der Waals surface area contributed by atoms with Crippen molar-refractivity contribution in [2.24, 2.45) is 0 Å². The molecule has 10 heteroatoms. The molecule has 1 aromatic carbocycles. The Labute approximate surface area is 129 Å². The molecule has 0 aromatic heterocycles. The predicted octanol–water partition coefficient (Wildman–Crippen LogP) is -1.35. The third kappa shape index (κ3) is 3.39. The lowest BCUT2D eigenvalue weighted by Crippen LogP contribution is -2.60. The first-order chi connectivity index (χ1) is 10.9. The molecular formula is C13H14N2O8. The minimum atomic E-state index is -1.62. The molecule has 1 heterocycles. The van der Waals surface area contributed by atoms with Crippen LogP contribution in [0, 0.1) is 21.4 Å². The van der Waals surface area contributed by atoms with Crippen LogP contribution in [0.3, 0.4) is 0 Å². The quantitative estimate of drug-likeness (QED) is 0.386. The number of nitrogens with zero attached hydrogens (tertiary/aromatic N) is 2. The number of ether oxygens (including phenoxy) is 2. The smallest absolute Gasteiger partial charge is 0.287 e. The maximum atomic E-state index is 10.8. The molecule has 1 unspecified atom stereocenters. The number of hydrogen-bond acceptors (Lipinski definition) is 9. The Balaban J connectivity index is 2.21. The number of aliphatic hydroxyl groups excluding tert-OH is 4. The molecular weight excluding hydrogens is 312 g/mol. The van der Waals surface area contributed by atoms with Gasteiger partial charge >= 0.3 is 0 Å². The zero-order chi connectivity index (χ0) is 17.1. The van der Waals surface area contributed by atoms with E-state index in [0.29, 0.717) is 0 Å². The van der Waals surface area contributed by atoms with Crippen LogP contribution in [0.2, 0.25) is 0 Å². The average Bonchev–Trinajstić information content (AvgIpc) is 2.54. The Morgan fingerprint density at radius 3 is 2.57 bits per heavy atom. The Kier molecular flexibility index (Phi) is 5.09. The Morgan fingerprint density at radius 2 is 2.00 bits per heavy atom. The number of aliphatic hydroxyl groups is 4. The van der Waals surface area contributed by atoms with Gasteiger partial charge < -0.3 is 29.9 Å². The minimum Gasteiger partial charge on any atom is -0.462 e. The molecule has 0 amide bonds. The van der Waals surface area contributed by atoms with Crippen LogP contribution in [0.4, 0.5) is 5.69 Å². The van der Waals surface area contributed by atoms with Crippen LogP contribution in [0.1, 0.15) is 5.56 Å². The minimum absolute atomic E-state index is 0.0171. The maximum absolute atomic E-state index is 10.8. The monoisotopic (exact) mass is 326 g/mol. The molecule has 0 spiro atoms. The van der Waals surface area contributed by atoms with Crippen molar-refractivity contribution in [3.63, 3.8) is 0 Å². The van der Waals surface area contributed by atoms with Crippen LogP contribution in [0.15, 0.2) is 18.2 Å². The first-order valence-electron chi connectivity index (χ1n) is 6.54. The second kappa shape index (κ2) is 6.86. The molecule has 1 aliphatic heterocycles. The van der Waals surface area contributed by atoms with Gasteiger partial charge in [-0.15, -0.1) is 0 Å². The Hall–Kier alpha value is -2.29. The van der Waals surface area contributed by atoms with Crippen LogP contribution >= 0.6 is 0 Å². The van der Waals surface area contributed by atoms with E-state index in [9.17, 15) is 25.4 Å². The second-order valence-corrected chi connectivity index (χ2v) is 4.86. The molecule has 0 radical (unpaired) electrons. The summed E-state index contributed by atoms with van der Waals surface area (Å²) in [6, 6.07) is 4.98. The first kappa shape index (κ1) is 17.1. The van der Waals surface area contributed by atoms with Crippen molar-refractivity contribution in [3.8, 4) is 11.8 Å². The number of nitriles is 1. The maximum Gasteiger partial charge on any atom is 0.287 e. The summed E-state index contributed by atoms with van der Waals surface area (Å²) in [5.41, 5.74) is -0.661. The van der Waals surface area contributed by atoms with E-state index in [1.807, 2.05) is 0 Å². The van der Waals surface area contributed by atoms with Gasteiger partial charge in [0.2, 0.25) is 6.29 Å². The van der Waals surface area contributed by atoms with Gasteiger partial charge in [0.1, 0.15) is 41.8 Å². The van der Waals surface area contributed by atoms with Gasteiger partial charge in [-0.2, -0.15) is 5.26 Å². The van der Waals surface area contributed by atoms with Crippen LogP contribution < -0.4 is 4.74 Å². The van der Waals surface area contributed by atoms with Gasteiger partial charge in [0, 0.05) is 12.1 Å². The van der Waals surface area contributed by atoms with Gasteiger partial charge in [0.15, 0.2) is 0 Å². The molecule has 1 fully saturated rings. The summed E-state index contributed by atoms with van der Waals surface area (Å²) in [6.45, 7) is -0.617. The molecule has 1 aromatic rings. The summed E-state index contributed by atoms with van der Waals surface area (Å²) in [7, 11) is 0. The van der Waals surface area contributed by atoms with Crippen LogP contribution in [-0.2, 0) is 4.74 Å². The number of hydrogen-bond donors (Lipinski definition) is 4. The summed E-state index contributed by atoms with van der Waals surface area (Å²) in [5.74, 6) is -0.0171. The molecule has 5 atom stereocenters. The van der Waals surface area contributed by atoms with Crippen molar-refractivity contribution in [1.82, 2.24) is 0 Å². The molecule has 4 N–H and O–H groups in total. The SMILES string of the molecule is N#Cc1cc(OC2O[C@H](CO)[C@H](O)[C@H](O)[C@H]2O)ccc1[N+](=O)[O-]. The lowest BCUT2D eigenvalue weighted by Gasteiger charge is -2.39.